The summed E-state index contributed by atoms with van der Waals surface area (Å²) in [6.07, 6.45) is 0.361. The highest BCUT2D eigenvalue weighted by Gasteiger charge is 2.31. The number of hydrogen-bond donors (Lipinski definition) is 0. The highest BCUT2D eigenvalue weighted by molar-refractivity contribution is 7.89. The van der Waals surface area contributed by atoms with Crippen molar-refractivity contribution in [2.24, 2.45) is 0 Å². The molecule has 1 aliphatic heterocycles. The first-order valence-corrected chi connectivity index (χ1v) is 7.57. The predicted molar refractivity (Wildman–Crippen MR) is 69.8 cm³/mol. The molecule has 0 aromatic heterocycles. The summed E-state index contributed by atoms with van der Waals surface area (Å²) < 4.78 is 31.8. The van der Waals surface area contributed by atoms with Gasteiger partial charge < -0.3 is 4.74 Å². The summed E-state index contributed by atoms with van der Waals surface area (Å²) in [5.41, 5.74) is 2.08. The number of benzene rings is 1. The summed E-state index contributed by atoms with van der Waals surface area (Å²) >= 11 is 0. The van der Waals surface area contributed by atoms with Crippen LogP contribution in [0.4, 0.5) is 0 Å². The summed E-state index contributed by atoms with van der Waals surface area (Å²) in [5.74, 6) is 0. The summed E-state index contributed by atoms with van der Waals surface area (Å²) in [6, 6.07) is 5.24. The van der Waals surface area contributed by atoms with Crippen molar-refractivity contribution in [1.82, 2.24) is 4.31 Å². The van der Waals surface area contributed by atoms with Crippen LogP contribution < -0.4 is 0 Å². The van der Waals surface area contributed by atoms with Crippen LogP contribution in [0, 0.1) is 13.8 Å². The fourth-order valence-electron chi connectivity index (χ4n) is 2.06. The maximum Gasteiger partial charge on any atom is 0.245 e. The largest absolute Gasteiger partial charge is 0.362 e. The minimum atomic E-state index is -3.44. The number of rotatable bonds is 2. The first-order chi connectivity index (χ1) is 8.43. The van der Waals surface area contributed by atoms with E-state index in [2.05, 4.69) is 0 Å². The van der Waals surface area contributed by atoms with E-state index in [-0.39, 0.29) is 6.23 Å². The molecule has 0 spiro atoms. The smallest absolute Gasteiger partial charge is 0.245 e. The Labute approximate surface area is 109 Å². The van der Waals surface area contributed by atoms with Gasteiger partial charge in [-0.3, -0.25) is 0 Å². The molecule has 1 unspecified atom stereocenters. The van der Waals surface area contributed by atoms with Crippen LogP contribution in [0.3, 0.4) is 0 Å². The summed E-state index contributed by atoms with van der Waals surface area (Å²) in [7, 11) is -3.44. The van der Waals surface area contributed by atoms with Crippen molar-refractivity contribution >= 4 is 10.0 Å². The van der Waals surface area contributed by atoms with Crippen LogP contribution in [0.1, 0.15) is 24.5 Å². The van der Waals surface area contributed by atoms with E-state index in [1.165, 1.54) is 4.31 Å². The maximum absolute atomic E-state index is 12.5. The van der Waals surface area contributed by atoms with Gasteiger partial charge in [-0.15, -0.1) is 0 Å². The lowest BCUT2D eigenvalue weighted by molar-refractivity contribution is -0.0410. The molecule has 1 aromatic rings. The zero-order valence-corrected chi connectivity index (χ0v) is 11.8. The molecular weight excluding hydrogens is 250 g/mol. The molecular formula is C13H19NO3S. The van der Waals surface area contributed by atoms with Gasteiger partial charge in [0, 0.05) is 13.2 Å². The van der Waals surface area contributed by atoms with Crippen LogP contribution in [-0.2, 0) is 14.8 Å². The third-order valence-electron chi connectivity index (χ3n) is 3.37. The number of hydrogen-bond acceptors (Lipinski definition) is 3. The van der Waals surface area contributed by atoms with Gasteiger partial charge in [0.15, 0.2) is 0 Å². The fourth-order valence-corrected chi connectivity index (χ4v) is 3.72. The van der Waals surface area contributed by atoms with Gasteiger partial charge in [0.1, 0.15) is 6.23 Å². The molecule has 1 heterocycles. The number of ether oxygens (including phenoxy) is 1. The molecule has 18 heavy (non-hydrogen) atoms. The highest BCUT2D eigenvalue weighted by Crippen LogP contribution is 2.23. The van der Waals surface area contributed by atoms with Crippen molar-refractivity contribution in [1.29, 1.82) is 0 Å². The number of nitrogens with zero attached hydrogens (tertiary/aromatic N) is 1. The van der Waals surface area contributed by atoms with Gasteiger partial charge in [-0.25, -0.2) is 8.42 Å². The maximum atomic E-state index is 12.5. The average Bonchev–Trinajstić information content (AvgIpc) is 2.33. The Morgan fingerprint density at radius 2 is 2.00 bits per heavy atom. The highest BCUT2D eigenvalue weighted by atomic mass is 32.2. The van der Waals surface area contributed by atoms with Gasteiger partial charge >= 0.3 is 0 Å². The van der Waals surface area contributed by atoms with Gasteiger partial charge in [0.05, 0.1) is 4.90 Å². The van der Waals surface area contributed by atoms with Crippen LogP contribution in [0.15, 0.2) is 23.1 Å². The van der Waals surface area contributed by atoms with E-state index in [9.17, 15) is 8.42 Å². The van der Waals surface area contributed by atoms with Crippen LogP contribution in [-0.4, -0.2) is 32.1 Å². The van der Waals surface area contributed by atoms with E-state index in [1.807, 2.05) is 19.9 Å². The molecule has 0 radical (unpaired) electrons. The summed E-state index contributed by atoms with van der Waals surface area (Å²) in [6.45, 7) is 6.82. The van der Waals surface area contributed by atoms with Gasteiger partial charge in [-0.1, -0.05) is 6.07 Å². The molecule has 0 saturated carbocycles. The Kier molecular flexibility index (Phi) is 3.75. The molecule has 2 rings (SSSR count). The average molecular weight is 269 g/mol. The second kappa shape index (κ2) is 4.99. The Hall–Kier alpha value is -0.910. The topological polar surface area (TPSA) is 46.6 Å². The van der Waals surface area contributed by atoms with E-state index >= 15 is 0 Å². The van der Waals surface area contributed by atoms with E-state index in [0.29, 0.717) is 18.0 Å². The van der Waals surface area contributed by atoms with Gasteiger partial charge in [0.2, 0.25) is 10.0 Å². The van der Waals surface area contributed by atoms with Crippen LogP contribution in [0.25, 0.3) is 0 Å². The lowest BCUT2D eigenvalue weighted by atomic mass is 10.1. The Morgan fingerprint density at radius 1 is 1.28 bits per heavy atom. The van der Waals surface area contributed by atoms with Crippen molar-refractivity contribution in [2.75, 3.05) is 13.2 Å². The molecule has 0 bridgehead atoms. The van der Waals surface area contributed by atoms with E-state index < -0.39 is 10.0 Å². The Balaban J connectivity index is 2.37. The molecule has 0 aliphatic carbocycles. The van der Waals surface area contributed by atoms with Crippen molar-refractivity contribution in [3.8, 4) is 0 Å². The lowest BCUT2D eigenvalue weighted by Crippen LogP contribution is -2.44. The van der Waals surface area contributed by atoms with E-state index in [4.69, 9.17) is 4.74 Å². The quantitative estimate of drug-likeness (QED) is 0.825. The molecule has 1 fully saturated rings. The van der Waals surface area contributed by atoms with E-state index in [0.717, 1.165) is 17.5 Å². The third kappa shape index (κ3) is 2.43. The molecule has 1 atom stereocenters. The molecule has 100 valence electrons. The molecule has 0 amide bonds. The van der Waals surface area contributed by atoms with Gasteiger partial charge in [-0.2, -0.15) is 4.31 Å². The zero-order chi connectivity index (χ0) is 13.3. The molecule has 5 heteroatoms. The first-order valence-electron chi connectivity index (χ1n) is 6.13. The molecule has 1 saturated heterocycles. The second-order valence-corrected chi connectivity index (χ2v) is 6.58. The third-order valence-corrected chi connectivity index (χ3v) is 5.32. The lowest BCUT2D eigenvalue weighted by Gasteiger charge is -2.32. The first kappa shape index (κ1) is 13.5. The van der Waals surface area contributed by atoms with Gasteiger partial charge in [0.25, 0.3) is 0 Å². The SMILES string of the molecule is Cc1ccc(S(=O)(=O)N2CCCOC2C)cc1C. The molecule has 0 N–H and O–H groups in total. The number of sulfonamides is 1. The molecule has 1 aromatic carbocycles. The monoisotopic (exact) mass is 269 g/mol. The molecule has 1 aliphatic rings. The number of aryl methyl sites for hydroxylation is 2. The molecule has 4 nitrogen and oxygen atoms in total. The summed E-state index contributed by atoms with van der Waals surface area (Å²) in [5, 5.41) is 0. The van der Waals surface area contributed by atoms with Gasteiger partial charge in [-0.05, 0) is 50.5 Å². The van der Waals surface area contributed by atoms with Crippen molar-refractivity contribution in [2.45, 2.75) is 38.3 Å². The zero-order valence-electron chi connectivity index (χ0n) is 11.0. The standard InChI is InChI=1S/C13H19NO3S/c1-10-5-6-13(9-11(10)2)18(15,16)14-7-4-8-17-12(14)3/h5-6,9,12H,4,7-8H2,1-3H3. The minimum Gasteiger partial charge on any atom is -0.362 e. The van der Waals surface area contributed by atoms with Crippen molar-refractivity contribution in [3.05, 3.63) is 29.3 Å². The predicted octanol–water partition coefficient (Wildman–Crippen LogP) is 2.06. The van der Waals surface area contributed by atoms with Crippen LogP contribution in [0.5, 0.6) is 0 Å². The van der Waals surface area contributed by atoms with Crippen molar-refractivity contribution in [3.63, 3.8) is 0 Å². The Morgan fingerprint density at radius 3 is 2.61 bits per heavy atom. The summed E-state index contributed by atoms with van der Waals surface area (Å²) in [4.78, 5) is 0.350. The minimum absolute atomic E-state index is 0.350. The normalized spacial score (nSPS) is 22.1. The Bertz CT molecular complexity index is 539. The van der Waals surface area contributed by atoms with Crippen molar-refractivity contribution < 1.29 is 13.2 Å². The van der Waals surface area contributed by atoms with E-state index in [1.54, 1.807) is 19.1 Å². The van der Waals surface area contributed by atoms with Crippen LogP contribution >= 0.6 is 0 Å². The second-order valence-electron chi connectivity index (χ2n) is 4.69. The fraction of sp³-hybridized carbons (Fsp3) is 0.538. The van der Waals surface area contributed by atoms with Crippen LogP contribution in [0.2, 0.25) is 0 Å².